The molecule has 1 atom stereocenters. The number of esters is 1. The second-order valence-corrected chi connectivity index (χ2v) is 6.77. The average molecular weight is 407 g/mol. The molecule has 1 aromatic carbocycles. The fourth-order valence-corrected chi connectivity index (χ4v) is 2.79. The van der Waals surface area contributed by atoms with Gasteiger partial charge in [0.1, 0.15) is 0 Å². The third-order valence-electron chi connectivity index (χ3n) is 3.74. The number of furan rings is 1. The number of carbonyl (C=O) groups is 3. The van der Waals surface area contributed by atoms with Gasteiger partial charge in [-0.25, -0.2) is 0 Å². The van der Waals surface area contributed by atoms with E-state index in [0.29, 0.717) is 10.6 Å². The standard InChI is InChI=1S/C20H23ClN2O5/c1-13(2)28-19(25)12-16(14-6-3-4-7-15(14)21)23-18(24)9-10-22-20(26)17-8-5-11-27-17/h3-8,11,13,16H,9-10,12H2,1-2H3,(H,22,26)(H,23,24). The Hall–Kier alpha value is -2.80. The summed E-state index contributed by atoms with van der Waals surface area (Å²) in [6.45, 7) is 3.63. The predicted octanol–water partition coefficient (Wildman–Crippen LogP) is 3.25. The first kappa shape index (κ1) is 21.5. The van der Waals surface area contributed by atoms with Gasteiger partial charge in [0.25, 0.3) is 5.91 Å². The normalized spacial score (nSPS) is 11.7. The lowest BCUT2D eigenvalue weighted by Gasteiger charge is -2.20. The van der Waals surface area contributed by atoms with Gasteiger partial charge in [-0.2, -0.15) is 0 Å². The lowest BCUT2D eigenvalue weighted by atomic mass is 10.0. The molecule has 0 fully saturated rings. The monoisotopic (exact) mass is 406 g/mol. The molecule has 7 nitrogen and oxygen atoms in total. The Kier molecular flexibility index (Phi) is 8.07. The van der Waals surface area contributed by atoms with Crippen molar-refractivity contribution in [2.75, 3.05) is 6.54 Å². The molecule has 28 heavy (non-hydrogen) atoms. The zero-order valence-corrected chi connectivity index (χ0v) is 16.5. The minimum absolute atomic E-state index is 0.0344. The summed E-state index contributed by atoms with van der Waals surface area (Å²) in [6, 6.07) is 9.48. The van der Waals surface area contributed by atoms with Crippen LogP contribution in [0.15, 0.2) is 47.1 Å². The molecular weight excluding hydrogens is 384 g/mol. The van der Waals surface area contributed by atoms with E-state index in [2.05, 4.69) is 10.6 Å². The van der Waals surface area contributed by atoms with E-state index in [1.165, 1.54) is 12.3 Å². The van der Waals surface area contributed by atoms with Crippen LogP contribution in [0.3, 0.4) is 0 Å². The second-order valence-electron chi connectivity index (χ2n) is 6.37. The topological polar surface area (TPSA) is 97.6 Å². The summed E-state index contributed by atoms with van der Waals surface area (Å²) in [5.41, 5.74) is 0.623. The molecular formula is C20H23ClN2O5. The Bertz CT molecular complexity index is 805. The van der Waals surface area contributed by atoms with Gasteiger partial charge in [0.2, 0.25) is 5.91 Å². The number of ether oxygens (including phenoxy) is 1. The molecule has 0 aliphatic heterocycles. The first-order valence-electron chi connectivity index (χ1n) is 8.91. The molecule has 0 saturated carbocycles. The minimum Gasteiger partial charge on any atom is -0.463 e. The molecule has 0 spiro atoms. The summed E-state index contributed by atoms with van der Waals surface area (Å²) in [4.78, 5) is 36.2. The van der Waals surface area contributed by atoms with Gasteiger partial charge in [-0.05, 0) is 37.6 Å². The van der Waals surface area contributed by atoms with Crippen molar-refractivity contribution in [3.8, 4) is 0 Å². The van der Waals surface area contributed by atoms with Crippen LogP contribution in [-0.4, -0.2) is 30.4 Å². The Morgan fingerprint density at radius 3 is 2.54 bits per heavy atom. The summed E-state index contributed by atoms with van der Waals surface area (Å²) in [5.74, 6) is -1.000. The van der Waals surface area contributed by atoms with Crippen LogP contribution in [0.25, 0.3) is 0 Å². The van der Waals surface area contributed by atoms with Crippen molar-refractivity contribution in [3.63, 3.8) is 0 Å². The van der Waals surface area contributed by atoms with Gasteiger partial charge in [0.15, 0.2) is 5.76 Å². The van der Waals surface area contributed by atoms with Crippen LogP contribution in [0.1, 0.15) is 48.8 Å². The van der Waals surface area contributed by atoms with Crippen LogP contribution in [0, 0.1) is 0 Å². The van der Waals surface area contributed by atoms with Crippen molar-refractivity contribution in [2.45, 2.75) is 38.8 Å². The summed E-state index contributed by atoms with van der Waals surface area (Å²) < 4.78 is 10.2. The van der Waals surface area contributed by atoms with Crippen molar-refractivity contribution < 1.29 is 23.5 Å². The summed E-state index contributed by atoms with van der Waals surface area (Å²) in [7, 11) is 0. The highest BCUT2D eigenvalue weighted by Crippen LogP contribution is 2.25. The first-order valence-corrected chi connectivity index (χ1v) is 9.29. The van der Waals surface area contributed by atoms with Crippen LogP contribution < -0.4 is 10.6 Å². The third kappa shape index (κ3) is 6.74. The highest BCUT2D eigenvalue weighted by Gasteiger charge is 2.22. The lowest BCUT2D eigenvalue weighted by Crippen LogP contribution is -2.34. The Labute approximate surface area is 168 Å². The van der Waals surface area contributed by atoms with Gasteiger partial charge < -0.3 is 19.8 Å². The van der Waals surface area contributed by atoms with Crippen LogP contribution in [0.5, 0.6) is 0 Å². The molecule has 1 heterocycles. The maximum atomic E-state index is 12.3. The molecule has 0 saturated heterocycles. The molecule has 2 rings (SSSR count). The Morgan fingerprint density at radius 2 is 1.89 bits per heavy atom. The molecule has 0 aliphatic carbocycles. The van der Waals surface area contributed by atoms with Crippen LogP contribution in [-0.2, 0) is 14.3 Å². The predicted molar refractivity (Wildman–Crippen MR) is 104 cm³/mol. The van der Waals surface area contributed by atoms with Gasteiger partial charge in [0, 0.05) is 18.0 Å². The van der Waals surface area contributed by atoms with Crippen molar-refractivity contribution in [3.05, 3.63) is 59.0 Å². The quantitative estimate of drug-likeness (QED) is 0.623. The molecule has 0 bridgehead atoms. The molecule has 2 amide bonds. The van der Waals surface area contributed by atoms with Gasteiger partial charge in [-0.15, -0.1) is 0 Å². The van der Waals surface area contributed by atoms with E-state index in [4.69, 9.17) is 20.8 Å². The van der Waals surface area contributed by atoms with E-state index >= 15 is 0 Å². The number of rotatable bonds is 9. The van der Waals surface area contributed by atoms with E-state index in [0.717, 1.165) is 0 Å². The minimum atomic E-state index is -0.631. The largest absolute Gasteiger partial charge is 0.463 e. The number of amides is 2. The van der Waals surface area contributed by atoms with Crippen molar-refractivity contribution in [1.82, 2.24) is 10.6 Å². The zero-order valence-electron chi connectivity index (χ0n) is 15.7. The molecule has 2 N–H and O–H groups in total. The Morgan fingerprint density at radius 1 is 1.14 bits per heavy atom. The second kappa shape index (κ2) is 10.5. The fourth-order valence-electron chi connectivity index (χ4n) is 2.53. The number of hydrogen-bond donors (Lipinski definition) is 2. The van der Waals surface area contributed by atoms with E-state index in [-0.39, 0.29) is 37.2 Å². The van der Waals surface area contributed by atoms with Gasteiger partial charge in [-0.1, -0.05) is 29.8 Å². The molecule has 1 aromatic heterocycles. The van der Waals surface area contributed by atoms with Crippen LogP contribution in [0.2, 0.25) is 5.02 Å². The number of halogens is 1. The fraction of sp³-hybridized carbons (Fsp3) is 0.350. The smallest absolute Gasteiger partial charge is 0.308 e. The first-order chi connectivity index (χ1) is 13.4. The van der Waals surface area contributed by atoms with Gasteiger partial charge in [0.05, 0.1) is 24.8 Å². The van der Waals surface area contributed by atoms with E-state index in [9.17, 15) is 14.4 Å². The maximum absolute atomic E-state index is 12.3. The summed E-state index contributed by atoms with van der Waals surface area (Å²) in [6.07, 6.45) is 1.12. The van der Waals surface area contributed by atoms with Crippen LogP contribution >= 0.6 is 11.6 Å². The molecule has 0 aliphatic rings. The average Bonchev–Trinajstić information content (AvgIpc) is 3.15. The van der Waals surface area contributed by atoms with Crippen molar-refractivity contribution in [1.29, 1.82) is 0 Å². The lowest BCUT2D eigenvalue weighted by molar-refractivity contribution is -0.148. The third-order valence-corrected chi connectivity index (χ3v) is 4.08. The molecule has 8 heteroatoms. The molecule has 150 valence electrons. The van der Waals surface area contributed by atoms with E-state index < -0.39 is 17.9 Å². The van der Waals surface area contributed by atoms with Gasteiger partial charge in [-0.3, -0.25) is 14.4 Å². The number of hydrogen-bond acceptors (Lipinski definition) is 5. The van der Waals surface area contributed by atoms with Crippen LogP contribution in [0.4, 0.5) is 0 Å². The zero-order chi connectivity index (χ0) is 20.5. The number of nitrogens with one attached hydrogen (secondary N) is 2. The number of carbonyl (C=O) groups excluding carboxylic acids is 3. The summed E-state index contributed by atoms with van der Waals surface area (Å²) >= 11 is 6.22. The van der Waals surface area contributed by atoms with E-state index in [1.54, 1.807) is 44.2 Å². The SMILES string of the molecule is CC(C)OC(=O)CC(NC(=O)CCNC(=O)c1ccco1)c1ccccc1Cl. The highest BCUT2D eigenvalue weighted by molar-refractivity contribution is 6.31. The van der Waals surface area contributed by atoms with Crippen molar-refractivity contribution in [2.24, 2.45) is 0 Å². The van der Waals surface area contributed by atoms with Crippen molar-refractivity contribution >= 4 is 29.4 Å². The maximum Gasteiger partial charge on any atom is 0.308 e. The number of benzene rings is 1. The summed E-state index contributed by atoms with van der Waals surface area (Å²) in [5, 5.41) is 5.82. The van der Waals surface area contributed by atoms with E-state index in [1.807, 2.05) is 0 Å². The Balaban J connectivity index is 1.95. The van der Waals surface area contributed by atoms with Gasteiger partial charge >= 0.3 is 5.97 Å². The molecule has 1 unspecified atom stereocenters. The molecule has 2 aromatic rings. The highest BCUT2D eigenvalue weighted by atomic mass is 35.5. The molecule has 0 radical (unpaired) electrons.